The number of carbonyl (C=O) groups excluding carboxylic acids is 2. The van der Waals surface area contributed by atoms with Crippen LogP contribution in [-0.2, 0) is 9.53 Å². The lowest BCUT2D eigenvalue weighted by Crippen LogP contribution is -2.41. The average Bonchev–Trinajstić information content (AvgIpc) is 2.98. The van der Waals surface area contributed by atoms with Crippen molar-refractivity contribution in [2.75, 3.05) is 70.5 Å². The van der Waals surface area contributed by atoms with E-state index in [0.29, 0.717) is 39.4 Å². The summed E-state index contributed by atoms with van der Waals surface area (Å²) in [6.07, 6.45) is 6.02. The van der Waals surface area contributed by atoms with Crippen LogP contribution in [-0.4, -0.2) is 87.2 Å². The molecule has 0 bridgehead atoms. The molecule has 150 valence electrons. The molecule has 0 unspecified atom stereocenters. The first-order valence-corrected chi connectivity index (χ1v) is 9.82. The quantitative estimate of drug-likeness (QED) is 0.746. The fourth-order valence-corrected chi connectivity index (χ4v) is 3.65. The van der Waals surface area contributed by atoms with Crippen LogP contribution in [0, 0.1) is 12.3 Å². The second-order valence-corrected chi connectivity index (χ2v) is 7.02. The van der Waals surface area contributed by atoms with Gasteiger partial charge in [0.25, 0.3) is 5.91 Å². The summed E-state index contributed by atoms with van der Waals surface area (Å²) in [5, 5.41) is 2.69. The van der Waals surface area contributed by atoms with Crippen LogP contribution in [0.25, 0.3) is 0 Å². The minimum absolute atomic E-state index is 0.0562. The van der Waals surface area contributed by atoms with Crippen LogP contribution in [0.2, 0.25) is 0 Å². The second kappa shape index (κ2) is 10.1. The van der Waals surface area contributed by atoms with Gasteiger partial charge in [-0.25, -0.2) is 0 Å². The van der Waals surface area contributed by atoms with Gasteiger partial charge < -0.3 is 19.9 Å². The first-order chi connectivity index (χ1) is 13.7. The number of anilines is 1. The number of ether oxygens (including phenoxy) is 1. The minimum Gasteiger partial charge on any atom is -0.378 e. The van der Waals surface area contributed by atoms with Crippen molar-refractivity contribution >= 4 is 17.5 Å². The largest absolute Gasteiger partial charge is 0.378 e. The first kappa shape index (κ1) is 20.2. The lowest BCUT2D eigenvalue weighted by atomic mass is 10.1. The summed E-state index contributed by atoms with van der Waals surface area (Å²) in [6, 6.07) is 7.80. The van der Waals surface area contributed by atoms with E-state index in [1.807, 2.05) is 29.2 Å². The molecular weight excluding hydrogens is 356 g/mol. The molecule has 0 saturated carbocycles. The number of carbonyl (C=O) groups is 2. The molecule has 0 aromatic heterocycles. The number of hydrogen-bond acceptors (Lipinski definition) is 5. The minimum atomic E-state index is -0.0737. The van der Waals surface area contributed by atoms with E-state index in [9.17, 15) is 9.59 Å². The summed E-state index contributed by atoms with van der Waals surface area (Å²) in [4.78, 5) is 31.3. The molecule has 2 heterocycles. The van der Waals surface area contributed by atoms with Gasteiger partial charge >= 0.3 is 0 Å². The van der Waals surface area contributed by atoms with Crippen molar-refractivity contribution in [1.82, 2.24) is 15.1 Å². The molecule has 0 radical (unpaired) electrons. The molecule has 1 N–H and O–H groups in total. The van der Waals surface area contributed by atoms with E-state index in [4.69, 9.17) is 11.2 Å². The molecule has 2 aliphatic rings. The topological polar surface area (TPSA) is 65.1 Å². The van der Waals surface area contributed by atoms with Gasteiger partial charge in [0.1, 0.15) is 0 Å². The van der Waals surface area contributed by atoms with Crippen molar-refractivity contribution in [1.29, 1.82) is 0 Å². The lowest BCUT2D eigenvalue weighted by molar-refractivity contribution is -0.121. The van der Waals surface area contributed by atoms with Crippen LogP contribution in [0.5, 0.6) is 0 Å². The predicted octanol–water partition coefficient (Wildman–Crippen LogP) is 0.421. The van der Waals surface area contributed by atoms with Crippen LogP contribution < -0.4 is 10.2 Å². The van der Waals surface area contributed by atoms with Gasteiger partial charge in [-0.2, -0.15) is 0 Å². The monoisotopic (exact) mass is 384 g/mol. The number of nitrogens with one attached hydrogen (secondary N) is 1. The molecule has 0 spiro atoms. The zero-order valence-electron chi connectivity index (χ0n) is 16.2. The Hall–Kier alpha value is -2.56. The van der Waals surface area contributed by atoms with E-state index < -0.39 is 0 Å². The fourth-order valence-electron chi connectivity index (χ4n) is 3.65. The molecule has 2 saturated heterocycles. The number of rotatable bonds is 5. The Labute approximate surface area is 166 Å². The standard InChI is InChI=1S/C21H28N4O3/c1-2-8-22-20(26)17-23-9-5-10-25(12-11-23)21(27)18-6-3-4-7-19(18)24-13-15-28-16-14-24/h1,3-4,6-7H,5,8-17H2,(H,22,26). The normalized spacial score (nSPS) is 18.2. The van der Waals surface area contributed by atoms with E-state index in [1.54, 1.807) is 0 Å². The second-order valence-electron chi connectivity index (χ2n) is 7.02. The van der Waals surface area contributed by atoms with Crippen LogP contribution >= 0.6 is 0 Å². The van der Waals surface area contributed by atoms with Gasteiger partial charge in [0.05, 0.1) is 31.9 Å². The van der Waals surface area contributed by atoms with E-state index in [0.717, 1.165) is 37.3 Å². The maximum atomic E-state index is 13.2. The predicted molar refractivity (Wildman–Crippen MR) is 108 cm³/mol. The van der Waals surface area contributed by atoms with Gasteiger partial charge in [-0.1, -0.05) is 18.1 Å². The van der Waals surface area contributed by atoms with Gasteiger partial charge in [-0.05, 0) is 18.6 Å². The highest BCUT2D eigenvalue weighted by Gasteiger charge is 2.25. The summed E-state index contributed by atoms with van der Waals surface area (Å²) < 4.78 is 5.44. The van der Waals surface area contributed by atoms with Crippen molar-refractivity contribution < 1.29 is 14.3 Å². The third kappa shape index (κ3) is 5.24. The Morgan fingerprint density at radius 3 is 2.64 bits per heavy atom. The summed E-state index contributed by atoms with van der Waals surface area (Å²) in [7, 11) is 0. The van der Waals surface area contributed by atoms with Crippen molar-refractivity contribution in [2.45, 2.75) is 6.42 Å². The SMILES string of the molecule is C#CCNC(=O)CN1CCCN(C(=O)c2ccccc2N2CCOCC2)CC1. The molecule has 0 aliphatic carbocycles. The smallest absolute Gasteiger partial charge is 0.256 e. The Bertz CT molecular complexity index is 725. The fraction of sp³-hybridized carbons (Fsp3) is 0.524. The maximum absolute atomic E-state index is 13.2. The highest BCUT2D eigenvalue weighted by Crippen LogP contribution is 2.23. The Morgan fingerprint density at radius 1 is 1.07 bits per heavy atom. The molecule has 2 aliphatic heterocycles. The van der Waals surface area contributed by atoms with E-state index in [1.165, 1.54) is 0 Å². The van der Waals surface area contributed by atoms with Gasteiger partial charge in [-0.3, -0.25) is 14.5 Å². The van der Waals surface area contributed by atoms with E-state index in [2.05, 4.69) is 21.0 Å². The first-order valence-electron chi connectivity index (χ1n) is 9.82. The molecule has 1 aromatic carbocycles. The Balaban J connectivity index is 1.62. The number of nitrogens with zero attached hydrogens (tertiary/aromatic N) is 3. The highest BCUT2D eigenvalue weighted by atomic mass is 16.5. The number of terminal acetylenes is 1. The number of morpholine rings is 1. The number of benzene rings is 1. The van der Waals surface area contributed by atoms with Crippen molar-refractivity contribution in [3.8, 4) is 12.3 Å². The zero-order valence-corrected chi connectivity index (χ0v) is 16.2. The van der Waals surface area contributed by atoms with Crippen molar-refractivity contribution in [3.63, 3.8) is 0 Å². The molecule has 0 atom stereocenters. The van der Waals surface area contributed by atoms with Crippen LogP contribution in [0.15, 0.2) is 24.3 Å². The summed E-state index contributed by atoms with van der Waals surface area (Å²) in [5.41, 5.74) is 1.72. The van der Waals surface area contributed by atoms with E-state index >= 15 is 0 Å². The Morgan fingerprint density at radius 2 is 1.86 bits per heavy atom. The van der Waals surface area contributed by atoms with Crippen LogP contribution in [0.3, 0.4) is 0 Å². The van der Waals surface area contributed by atoms with Gasteiger partial charge in [-0.15, -0.1) is 6.42 Å². The van der Waals surface area contributed by atoms with Crippen molar-refractivity contribution in [3.05, 3.63) is 29.8 Å². The lowest BCUT2D eigenvalue weighted by Gasteiger charge is -2.31. The number of hydrogen-bond donors (Lipinski definition) is 1. The zero-order chi connectivity index (χ0) is 19.8. The highest BCUT2D eigenvalue weighted by molar-refractivity contribution is 5.99. The molecule has 2 amide bonds. The molecule has 7 heteroatoms. The van der Waals surface area contributed by atoms with Crippen molar-refractivity contribution in [2.24, 2.45) is 0 Å². The number of para-hydroxylation sites is 1. The van der Waals surface area contributed by atoms with Gasteiger partial charge in [0.2, 0.25) is 5.91 Å². The van der Waals surface area contributed by atoms with Crippen LogP contribution in [0.1, 0.15) is 16.8 Å². The third-order valence-electron chi connectivity index (χ3n) is 5.12. The summed E-state index contributed by atoms with van der Waals surface area (Å²) >= 11 is 0. The Kier molecular flexibility index (Phi) is 7.29. The van der Waals surface area contributed by atoms with Gasteiger partial charge in [0.15, 0.2) is 0 Å². The summed E-state index contributed by atoms with van der Waals surface area (Å²) in [5.74, 6) is 2.39. The third-order valence-corrected chi connectivity index (χ3v) is 5.12. The molecule has 2 fully saturated rings. The molecule has 28 heavy (non-hydrogen) atoms. The number of amides is 2. The van der Waals surface area contributed by atoms with Crippen LogP contribution in [0.4, 0.5) is 5.69 Å². The average molecular weight is 384 g/mol. The van der Waals surface area contributed by atoms with Gasteiger partial charge in [0, 0.05) is 45.0 Å². The maximum Gasteiger partial charge on any atom is 0.256 e. The molecule has 7 nitrogen and oxygen atoms in total. The molecule has 3 rings (SSSR count). The molecule has 1 aromatic rings. The molecular formula is C21H28N4O3. The van der Waals surface area contributed by atoms with E-state index in [-0.39, 0.29) is 18.4 Å². The summed E-state index contributed by atoms with van der Waals surface area (Å²) in [6.45, 7) is 6.29.